The maximum atomic E-state index is 10.3. The van der Waals surface area contributed by atoms with Gasteiger partial charge >= 0.3 is 0 Å². The Balaban J connectivity index is 1.63. The first-order valence-corrected chi connectivity index (χ1v) is 7.72. The number of aryl methyl sites for hydroxylation is 2. The fourth-order valence-corrected chi connectivity index (χ4v) is 3.17. The van der Waals surface area contributed by atoms with Gasteiger partial charge in [0.1, 0.15) is 29.7 Å². The van der Waals surface area contributed by atoms with E-state index in [1.165, 1.54) is 0 Å². The number of pyridine rings is 1. The van der Waals surface area contributed by atoms with Crippen molar-refractivity contribution in [1.29, 1.82) is 5.26 Å². The molecule has 23 heavy (non-hydrogen) atoms. The highest BCUT2D eigenvalue weighted by molar-refractivity contribution is 5.42. The van der Waals surface area contributed by atoms with Gasteiger partial charge in [-0.05, 0) is 31.4 Å². The molecule has 7 heteroatoms. The van der Waals surface area contributed by atoms with Gasteiger partial charge in [-0.3, -0.25) is 0 Å². The van der Waals surface area contributed by atoms with E-state index in [9.17, 15) is 5.11 Å². The van der Waals surface area contributed by atoms with Crippen molar-refractivity contribution in [1.82, 2.24) is 19.7 Å². The number of aliphatic hydroxyl groups is 1. The Hall–Kier alpha value is -2.46. The molecule has 2 aromatic heterocycles. The summed E-state index contributed by atoms with van der Waals surface area (Å²) in [5.41, 5.74) is 1.29. The molecule has 3 rings (SSSR count). The molecule has 2 N–H and O–H groups in total. The first-order valence-electron chi connectivity index (χ1n) is 7.72. The van der Waals surface area contributed by atoms with Crippen LogP contribution in [0.5, 0.6) is 0 Å². The molecule has 1 fully saturated rings. The van der Waals surface area contributed by atoms with Crippen LogP contribution in [0.3, 0.4) is 0 Å². The van der Waals surface area contributed by atoms with Gasteiger partial charge in [-0.2, -0.15) is 5.26 Å². The summed E-state index contributed by atoms with van der Waals surface area (Å²) >= 11 is 0. The normalized spacial score (nSPS) is 23.7. The minimum atomic E-state index is -0.370. The van der Waals surface area contributed by atoms with Gasteiger partial charge in [0.05, 0.1) is 6.10 Å². The Labute approximate surface area is 135 Å². The summed E-state index contributed by atoms with van der Waals surface area (Å²) in [5, 5.41) is 30.6. The Kier molecular flexibility index (Phi) is 4.26. The van der Waals surface area contributed by atoms with Crippen molar-refractivity contribution in [3.8, 4) is 6.07 Å². The van der Waals surface area contributed by atoms with E-state index in [-0.39, 0.29) is 17.9 Å². The number of aromatic nitrogens is 4. The molecule has 1 aliphatic carbocycles. The predicted octanol–water partition coefficient (Wildman–Crippen LogP) is 1.36. The third kappa shape index (κ3) is 3.17. The summed E-state index contributed by atoms with van der Waals surface area (Å²) in [6.45, 7) is 2.48. The van der Waals surface area contributed by atoms with E-state index in [1.54, 1.807) is 6.33 Å². The van der Waals surface area contributed by atoms with E-state index < -0.39 is 0 Å². The molecule has 1 saturated carbocycles. The summed E-state index contributed by atoms with van der Waals surface area (Å²) in [6.07, 6.45) is 2.87. The van der Waals surface area contributed by atoms with Crippen molar-refractivity contribution in [2.24, 2.45) is 13.0 Å². The lowest BCUT2D eigenvalue weighted by Crippen LogP contribution is -2.22. The third-order valence-electron chi connectivity index (χ3n) is 4.52. The average Bonchev–Trinajstić information content (AvgIpc) is 3.12. The van der Waals surface area contributed by atoms with Gasteiger partial charge in [-0.25, -0.2) is 4.98 Å². The van der Waals surface area contributed by atoms with E-state index in [4.69, 9.17) is 5.26 Å². The van der Waals surface area contributed by atoms with E-state index in [1.807, 2.05) is 30.7 Å². The molecule has 0 spiro atoms. The summed E-state index contributed by atoms with van der Waals surface area (Å²) < 4.78 is 1.91. The Morgan fingerprint density at radius 2 is 2.26 bits per heavy atom. The average molecular weight is 312 g/mol. The highest BCUT2D eigenvalue weighted by Crippen LogP contribution is 2.37. The van der Waals surface area contributed by atoms with E-state index in [0.717, 1.165) is 17.8 Å². The lowest BCUT2D eigenvalue weighted by atomic mass is 10.0. The molecule has 2 heterocycles. The van der Waals surface area contributed by atoms with Crippen molar-refractivity contribution in [2.75, 3.05) is 11.9 Å². The highest BCUT2D eigenvalue weighted by Gasteiger charge is 2.35. The number of anilines is 1. The second-order valence-corrected chi connectivity index (χ2v) is 6.15. The fourth-order valence-electron chi connectivity index (χ4n) is 3.17. The van der Waals surface area contributed by atoms with Crippen molar-refractivity contribution in [3.05, 3.63) is 35.5 Å². The maximum absolute atomic E-state index is 10.3. The zero-order chi connectivity index (χ0) is 16.4. The molecule has 0 saturated heterocycles. The zero-order valence-corrected chi connectivity index (χ0v) is 13.3. The van der Waals surface area contributed by atoms with Crippen LogP contribution in [-0.4, -0.2) is 37.5 Å². The maximum Gasteiger partial charge on any atom is 0.145 e. The fraction of sp³-hybridized carbons (Fsp3) is 0.500. The predicted molar refractivity (Wildman–Crippen MR) is 84.7 cm³/mol. The molecule has 1 aliphatic rings. The number of rotatable bonds is 4. The Bertz CT molecular complexity index is 734. The first kappa shape index (κ1) is 15.4. The van der Waals surface area contributed by atoms with E-state index in [2.05, 4.69) is 26.6 Å². The van der Waals surface area contributed by atoms with Crippen molar-refractivity contribution < 1.29 is 5.11 Å². The topological polar surface area (TPSA) is 99.7 Å². The molecule has 0 aromatic carbocycles. The van der Waals surface area contributed by atoms with Gasteiger partial charge in [0.15, 0.2) is 0 Å². The number of nitrogens with zero attached hydrogens (tertiary/aromatic N) is 5. The first-order chi connectivity index (χ1) is 11.1. The monoisotopic (exact) mass is 312 g/mol. The zero-order valence-electron chi connectivity index (χ0n) is 13.3. The van der Waals surface area contributed by atoms with Crippen LogP contribution in [-0.2, 0) is 7.05 Å². The molecule has 3 atom stereocenters. The van der Waals surface area contributed by atoms with Crippen LogP contribution in [0.15, 0.2) is 18.5 Å². The lowest BCUT2D eigenvalue weighted by molar-refractivity contribution is 0.137. The lowest BCUT2D eigenvalue weighted by Gasteiger charge is -2.15. The van der Waals surface area contributed by atoms with Gasteiger partial charge < -0.3 is 15.0 Å². The molecule has 2 aromatic rings. The van der Waals surface area contributed by atoms with E-state index >= 15 is 0 Å². The van der Waals surface area contributed by atoms with E-state index in [0.29, 0.717) is 24.5 Å². The molecule has 0 radical (unpaired) electrons. The van der Waals surface area contributed by atoms with Crippen molar-refractivity contribution in [2.45, 2.75) is 31.8 Å². The van der Waals surface area contributed by atoms with Gasteiger partial charge in [0, 0.05) is 25.4 Å². The molecule has 0 amide bonds. The quantitative estimate of drug-likeness (QED) is 0.884. The minimum Gasteiger partial charge on any atom is -0.393 e. The largest absolute Gasteiger partial charge is 0.393 e. The van der Waals surface area contributed by atoms with Gasteiger partial charge in [-0.15, -0.1) is 10.2 Å². The number of hydrogen-bond donors (Lipinski definition) is 2. The Morgan fingerprint density at radius 3 is 2.96 bits per heavy atom. The van der Waals surface area contributed by atoms with Crippen LogP contribution < -0.4 is 5.32 Å². The van der Waals surface area contributed by atoms with Crippen LogP contribution in [0.4, 0.5) is 5.82 Å². The second-order valence-electron chi connectivity index (χ2n) is 6.15. The number of aliphatic hydroxyl groups excluding tert-OH is 1. The standard InChI is InChI=1S/C16H20N6O/c1-10-3-4-15(20-13(10)7-17)18-8-12-5-11(6-14(12)23)16-21-19-9-22(16)2/h3-4,9,11-12,14,23H,5-6,8H2,1-2H3,(H,18,20)/t11-,12+,14+/m0/s1. The second kappa shape index (κ2) is 6.34. The number of hydrogen-bond acceptors (Lipinski definition) is 6. The van der Waals surface area contributed by atoms with Crippen molar-refractivity contribution >= 4 is 5.82 Å². The Morgan fingerprint density at radius 1 is 1.43 bits per heavy atom. The van der Waals surface area contributed by atoms with Crippen LogP contribution >= 0.6 is 0 Å². The summed E-state index contributed by atoms with van der Waals surface area (Å²) in [4.78, 5) is 4.28. The van der Waals surface area contributed by atoms with Gasteiger partial charge in [-0.1, -0.05) is 6.07 Å². The minimum absolute atomic E-state index is 0.130. The number of nitrogens with one attached hydrogen (secondary N) is 1. The molecular weight excluding hydrogens is 292 g/mol. The molecule has 7 nitrogen and oxygen atoms in total. The molecule has 0 unspecified atom stereocenters. The molecular formula is C16H20N6O. The van der Waals surface area contributed by atoms with Crippen molar-refractivity contribution in [3.63, 3.8) is 0 Å². The summed E-state index contributed by atoms with van der Waals surface area (Å²) in [6, 6.07) is 5.82. The van der Waals surface area contributed by atoms with Crippen LogP contribution in [0.25, 0.3) is 0 Å². The third-order valence-corrected chi connectivity index (χ3v) is 4.52. The van der Waals surface area contributed by atoms with Gasteiger partial charge in [0.25, 0.3) is 0 Å². The molecule has 0 aliphatic heterocycles. The summed E-state index contributed by atoms with van der Waals surface area (Å²) in [7, 11) is 1.92. The van der Waals surface area contributed by atoms with Crippen LogP contribution in [0.1, 0.15) is 35.8 Å². The number of nitriles is 1. The summed E-state index contributed by atoms with van der Waals surface area (Å²) in [5.74, 6) is 1.95. The van der Waals surface area contributed by atoms with Gasteiger partial charge in [0.2, 0.25) is 0 Å². The van der Waals surface area contributed by atoms with Crippen LogP contribution in [0, 0.1) is 24.2 Å². The highest BCUT2D eigenvalue weighted by atomic mass is 16.3. The smallest absolute Gasteiger partial charge is 0.145 e. The van der Waals surface area contributed by atoms with Crippen LogP contribution in [0.2, 0.25) is 0 Å². The SMILES string of the molecule is Cc1ccc(NC[C@H]2C[C@H](c3nncn3C)C[C@H]2O)nc1C#N. The molecule has 120 valence electrons. The molecule has 0 bridgehead atoms.